The van der Waals surface area contributed by atoms with Crippen LogP contribution in [0.3, 0.4) is 0 Å². The van der Waals surface area contributed by atoms with Crippen molar-refractivity contribution in [2.24, 2.45) is 0 Å². The monoisotopic (exact) mass is 251 g/mol. The molecule has 2 nitrogen and oxygen atoms in total. The van der Waals surface area contributed by atoms with Gasteiger partial charge in [0.25, 0.3) is 0 Å². The van der Waals surface area contributed by atoms with Crippen LogP contribution >= 0.6 is 11.8 Å². The van der Waals surface area contributed by atoms with E-state index < -0.39 is 11.6 Å². The van der Waals surface area contributed by atoms with Crippen molar-refractivity contribution in [3.05, 3.63) is 53.5 Å². The standard InChI is InChI=1S/C12H7F2NOS/c13-10-4-8(6-15)5-11(14)12(10)17-7-9-2-1-3-16-9/h1-5H,7H2. The number of rotatable bonds is 3. The molecule has 0 N–H and O–H groups in total. The molecule has 0 fully saturated rings. The van der Waals surface area contributed by atoms with Crippen LogP contribution in [-0.2, 0) is 5.75 Å². The van der Waals surface area contributed by atoms with Crippen molar-refractivity contribution in [3.8, 4) is 6.07 Å². The SMILES string of the molecule is N#Cc1cc(F)c(SCc2ccco2)c(F)c1. The van der Waals surface area contributed by atoms with E-state index in [1.165, 1.54) is 6.26 Å². The largest absolute Gasteiger partial charge is 0.468 e. The molecule has 0 spiro atoms. The van der Waals surface area contributed by atoms with E-state index in [4.69, 9.17) is 9.68 Å². The number of halogens is 2. The van der Waals surface area contributed by atoms with Gasteiger partial charge in [-0.1, -0.05) is 0 Å². The van der Waals surface area contributed by atoms with Gasteiger partial charge in [-0.2, -0.15) is 5.26 Å². The Morgan fingerprint density at radius 1 is 1.29 bits per heavy atom. The summed E-state index contributed by atoms with van der Waals surface area (Å²) in [4.78, 5) is -0.0969. The number of benzene rings is 1. The maximum Gasteiger partial charge on any atom is 0.141 e. The number of hydrogen-bond donors (Lipinski definition) is 0. The molecule has 2 rings (SSSR count). The second kappa shape index (κ2) is 5.02. The van der Waals surface area contributed by atoms with Crippen molar-refractivity contribution in [1.29, 1.82) is 5.26 Å². The molecule has 2 aromatic rings. The molecule has 0 atom stereocenters. The topological polar surface area (TPSA) is 36.9 Å². The van der Waals surface area contributed by atoms with Crippen LogP contribution in [0.15, 0.2) is 39.8 Å². The second-order valence-corrected chi connectivity index (χ2v) is 4.23. The Balaban J connectivity index is 2.19. The molecule has 1 aromatic heterocycles. The van der Waals surface area contributed by atoms with Gasteiger partial charge in [-0.25, -0.2) is 8.78 Å². The Morgan fingerprint density at radius 3 is 2.53 bits per heavy atom. The van der Waals surface area contributed by atoms with E-state index in [1.807, 2.05) is 0 Å². The summed E-state index contributed by atoms with van der Waals surface area (Å²) in [5, 5.41) is 8.55. The lowest BCUT2D eigenvalue weighted by Crippen LogP contribution is -1.90. The quantitative estimate of drug-likeness (QED) is 0.780. The normalized spacial score (nSPS) is 10.2. The number of furan rings is 1. The van der Waals surface area contributed by atoms with Crippen LogP contribution in [0, 0.1) is 23.0 Å². The smallest absolute Gasteiger partial charge is 0.141 e. The number of nitriles is 1. The lowest BCUT2D eigenvalue weighted by molar-refractivity contribution is 0.527. The van der Waals surface area contributed by atoms with Crippen molar-refractivity contribution in [3.63, 3.8) is 0 Å². The van der Waals surface area contributed by atoms with Gasteiger partial charge in [0.2, 0.25) is 0 Å². The lowest BCUT2D eigenvalue weighted by atomic mass is 10.2. The average molecular weight is 251 g/mol. The van der Waals surface area contributed by atoms with Crippen molar-refractivity contribution in [2.45, 2.75) is 10.6 Å². The molecule has 0 saturated carbocycles. The van der Waals surface area contributed by atoms with Crippen LogP contribution in [0.5, 0.6) is 0 Å². The minimum Gasteiger partial charge on any atom is -0.468 e. The molecule has 0 unspecified atom stereocenters. The first-order valence-electron chi connectivity index (χ1n) is 4.75. The highest BCUT2D eigenvalue weighted by molar-refractivity contribution is 7.98. The van der Waals surface area contributed by atoms with Crippen LogP contribution in [0.4, 0.5) is 8.78 Å². The highest BCUT2D eigenvalue weighted by atomic mass is 32.2. The molecule has 0 aliphatic carbocycles. The van der Waals surface area contributed by atoms with Crippen LogP contribution in [0.25, 0.3) is 0 Å². The van der Waals surface area contributed by atoms with Crippen molar-refractivity contribution in [1.82, 2.24) is 0 Å². The predicted octanol–water partition coefficient (Wildman–Crippen LogP) is 3.72. The van der Waals surface area contributed by atoms with Gasteiger partial charge in [0.05, 0.1) is 28.5 Å². The number of hydrogen-bond acceptors (Lipinski definition) is 3. The van der Waals surface area contributed by atoms with E-state index in [2.05, 4.69) is 0 Å². The lowest BCUT2D eigenvalue weighted by Gasteiger charge is -2.03. The molecule has 0 amide bonds. The summed E-state index contributed by atoms with van der Waals surface area (Å²) in [6.45, 7) is 0. The first-order valence-corrected chi connectivity index (χ1v) is 5.73. The minimum absolute atomic E-state index is 0.0256. The van der Waals surface area contributed by atoms with E-state index in [0.29, 0.717) is 11.5 Å². The number of thioether (sulfide) groups is 1. The highest BCUT2D eigenvalue weighted by Crippen LogP contribution is 2.29. The summed E-state index contributed by atoms with van der Waals surface area (Å²) in [6.07, 6.45) is 1.50. The molecule has 86 valence electrons. The molecule has 0 bridgehead atoms. The van der Waals surface area contributed by atoms with Crippen LogP contribution in [-0.4, -0.2) is 0 Å². The third kappa shape index (κ3) is 2.66. The van der Waals surface area contributed by atoms with Crippen molar-refractivity contribution >= 4 is 11.8 Å². The van der Waals surface area contributed by atoms with Crippen LogP contribution < -0.4 is 0 Å². The van der Waals surface area contributed by atoms with Gasteiger partial charge in [-0.3, -0.25) is 0 Å². The Morgan fingerprint density at radius 2 is 2.00 bits per heavy atom. The fourth-order valence-corrected chi connectivity index (χ4v) is 2.14. The zero-order chi connectivity index (χ0) is 12.3. The molecule has 0 saturated heterocycles. The second-order valence-electron chi connectivity index (χ2n) is 3.25. The van der Waals surface area contributed by atoms with Crippen molar-refractivity contribution in [2.75, 3.05) is 0 Å². The fourth-order valence-electron chi connectivity index (χ4n) is 1.30. The maximum atomic E-state index is 13.5. The Kier molecular flexibility index (Phi) is 3.45. The Labute approximate surface area is 101 Å². The maximum absolute atomic E-state index is 13.5. The zero-order valence-corrected chi connectivity index (χ0v) is 9.43. The Bertz CT molecular complexity index is 537. The summed E-state index contributed by atoms with van der Waals surface area (Å²) in [7, 11) is 0. The van der Waals surface area contributed by atoms with E-state index in [1.54, 1.807) is 18.2 Å². The van der Waals surface area contributed by atoms with Gasteiger partial charge < -0.3 is 4.42 Å². The minimum atomic E-state index is -0.724. The van der Waals surface area contributed by atoms with E-state index in [0.717, 1.165) is 23.9 Å². The summed E-state index contributed by atoms with van der Waals surface area (Å²) >= 11 is 0.997. The van der Waals surface area contributed by atoms with Gasteiger partial charge in [0.15, 0.2) is 0 Å². The molecule has 1 aromatic carbocycles. The molecular weight excluding hydrogens is 244 g/mol. The molecule has 17 heavy (non-hydrogen) atoms. The van der Waals surface area contributed by atoms with E-state index in [-0.39, 0.29) is 10.5 Å². The predicted molar refractivity (Wildman–Crippen MR) is 59.3 cm³/mol. The number of nitrogens with zero attached hydrogens (tertiary/aromatic N) is 1. The fraction of sp³-hybridized carbons (Fsp3) is 0.0833. The molecule has 0 aliphatic heterocycles. The summed E-state index contributed by atoms with van der Waals surface area (Å²) < 4.78 is 32.0. The molecule has 5 heteroatoms. The third-order valence-corrected chi connectivity index (χ3v) is 3.17. The van der Waals surface area contributed by atoms with Gasteiger partial charge in [0, 0.05) is 0 Å². The van der Waals surface area contributed by atoms with Crippen LogP contribution in [0.1, 0.15) is 11.3 Å². The van der Waals surface area contributed by atoms with Crippen LogP contribution in [0.2, 0.25) is 0 Å². The van der Waals surface area contributed by atoms with E-state index >= 15 is 0 Å². The first kappa shape index (κ1) is 11.7. The molecule has 0 radical (unpaired) electrons. The third-order valence-electron chi connectivity index (χ3n) is 2.07. The van der Waals surface area contributed by atoms with Gasteiger partial charge in [-0.15, -0.1) is 11.8 Å². The average Bonchev–Trinajstić information content (AvgIpc) is 2.80. The van der Waals surface area contributed by atoms with Crippen molar-refractivity contribution < 1.29 is 13.2 Å². The van der Waals surface area contributed by atoms with E-state index in [9.17, 15) is 8.78 Å². The molecule has 1 heterocycles. The zero-order valence-electron chi connectivity index (χ0n) is 8.61. The Hall–Kier alpha value is -1.80. The first-order chi connectivity index (χ1) is 8.20. The molecular formula is C12H7F2NOS. The van der Waals surface area contributed by atoms with Gasteiger partial charge in [0.1, 0.15) is 17.4 Å². The van der Waals surface area contributed by atoms with Gasteiger partial charge >= 0.3 is 0 Å². The summed E-state index contributed by atoms with van der Waals surface area (Å²) in [6, 6.07) is 7.18. The van der Waals surface area contributed by atoms with Gasteiger partial charge in [-0.05, 0) is 24.3 Å². The summed E-state index contributed by atoms with van der Waals surface area (Å²) in [5.41, 5.74) is -0.0256. The summed E-state index contributed by atoms with van der Waals surface area (Å²) in [5.74, 6) is -0.471. The highest BCUT2D eigenvalue weighted by Gasteiger charge is 2.12. The molecule has 0 aliphatic rings.